The third kappa shape index (κ3) is 3.69. The smallest absolute Gasteiger partial charge is 0.319 e. The van der Waals surface area contributed by atoms with Crippen LogP contribution in [0.2, 0.25) is 0 Å². The summed E-state index contributed by atoms with van der Waals surface area (Å²) in [6.07, 6.45) is 0.851. The van der Waals surface area contributed by atoms with Crippen molar-refractivity contribution in [3.63, 3.8) is 0 Å². The van der Waals surface area contributed by atoms with Gasteiger partial charge in [-0.05, 0) is 37.6 Å². The number of carbonyl (C=O) groups excluding carboxylic acids is 1. The number of amides is 2. The van der Waals surface area contributed by atoms with Crippen molar-refractivity contribution < 1.29 is 4.79 Å². The number of aryl methyl sites for hydroxylation is 2. The number of imidazole rings is 1. The lowest BCUT2D eigenvalue weighted by Gasteiger charge is -2.09. The largest absolute Gasteiger partial charge is 0.338 e. The monoisotopic (exact) mass is 308 g/mol. The third-order valence-corrected chi connectivity index (χ3v) is 3.72. The van der Waals surface area contributed by atoms with Crippen LogP contribution in [0.25, 0.3) is 11.0 Å². The predicted octanol–water partition coefficient (Wildman–Crippen LogP) is 3.56. The van der Waals surface area contributed by atoms with Gasteiger partial charge in [0, 0.05) is 18.8 Å². The molecule has 1 heterocycles. The number of para-hydroxylation sites is 3. The molecule has 118 valence electrons. The van der Waals surface area contributed by atoms with E-state index < -0.39 is 0 Å². The number of aromatic nitrogens is 2. The first-order valence-corrected chi connectivity index (χ1v) is 7.76. The Kier molecular flexibility index (Phi) is 4.57. The van der Waals surface area contributed by atoms with E-state index >= 15 is 0 Å². The molecule has 5 nitrogen and oxygen atoms in total. The Balaban J connectivity index is 1.49. The number of rotatable bonds is 5. The lowest BCUT2D eigenvalue weighted by molar-refractivity contribution is 0.252. The van der Waals surface area contributed by atoms with Crippen molar-refractivity contribution in [2.24, 2.45) is 0 Å². The van der Waals surface area contributed by atoms with Crippen molar-refractivity contribution in [1.29, 1.82) is 0 Å². The molecule has 0 aliphatic carbocycles. The minimum absolute atomic E-state index is 0.177. The van der Waals surface area contributed by atoms with Gasteiger partial charge >= 0.3 is 6.03 Å². The van der Waals surface area contributed by atoms with Crippen LogP contribution in [0.1, 0.15) is 12.2 Å². The number of urea groups is 1. The van der Waals surface area contributed by atoms with Crippen LogP contribution in [-0.4, -0.2) is 22.1 Å². The highest BCUT2D eigenvalue weighted by molar-refractivity contribution is 5.89. The summed E-state index contributed by atoms with van der Waals surface area (Å²) in [4.78, 5) is 16.4. The lowest BCUT2D eigenvalue weighted by atomic mass is 10.3. The Morgan fingerprint density at radius 1 is 1.09 bits per heavy atom. The van der Waals surface area contributed by atoms with Crippen molar-refractivity contribution in [3.8, 4) is 0 Å². The number of hydrogen-bond donors (Lipinski definition) is 2. The van der Waals surface area contributed by atoms with Crippen LogP contribution in [0.15, 0.2) is 54.6 Å². The molecule has 0 saturated heterocycles. The summed E-state index contributed by atoms with van der Waals surface area (Å²) in [5.74, 6) is 1.000. The lowest BCUT2D eigenvalue weighted by Crippen LogP contribution is -2.30. The van der Waals surface area contributed by atoms with Crippen LogP contribution in [0.5, 0.6) is 0 Å². The number of benzene rings is 2. The molecule has 3 rings (SSSR count). The molecule has 2 aromatic carbocycles. The second-order valence-corrected chi connectivity index (χ2v) is 5.40. The summed E-state index contributed by atoms with van der Waals surface area (Å²) >= 11 is 0. The van der Waals surface area contributed by atoms with Gasteiger partial charge in [0.1, 0.15) is 5.82 Å². The van der Waals surface area contributed by atoms with Crippen molar-refractivity contribution in [2.75, 3.05) is 11.9 Å². The zero-order valence-corrected chi connectivity index (χ0v) is 13.1. The van der Waals surface area contributed by atoms with Gasteiger partial charge in [0.05, 0.1) is 11.0 Å². The first kappa shape index (κ1) is 15.1. The van der Waals surface area contributed by atoms with Crippen LogP contribution in [0.4, 0.5) is 10.5 Å². The Labute approximate surface area is 135 Å². The molecule has 0 bridgehead atoms. The summed E-state index contributed by atoms with van der Waals surface area (Å²) in [7, 11) is 0. The van der Waals surface area contributed by atoms with Crippen LogP contribution in [0.3, 0.4) is 0 Å². The normalized spacial score (nSPS) is 10.7. The molecular formula is C18H20N4O. The molecule has 2 amide bonds. The molecule has 0 atom stereocenters. The molecule has 2 N–H and O–H groups in total. The summed E-state index contributed by atoms with van der Waals surface area (Å²) in [6, 6.07) is 17.4. The molecule has 0 radical (unpaired) electrons. The quantitative estimate of drug-likeness (QED) is 0.708. The van der Waals surface area contributed by atoms with Crippen LogP contribution in [-0.2, 0) is 6.54 Å². The van der Waals surface area contributed by atoms with Gasteiger partial charge in [0.2, 0.25) is 0 Å². The summed E-state index contributed by atoms with van der Waals surface area (Å²) in [5.41, 5.74) is 2.94. The van der Waals surface area contributed by atoms with Crippen LogP contribution >= 0.6 is 0 Å². The van der Waals surface area contributed by atoms with Crippen molar-refractivity contribution >= 4 is 22.8 Å². The minimum Gasteiger partial charge on any atom is -0.338 e. The van der Waals surface area contributed by atoms with Gasteiger partial charge in [-0.2, -0.15) is 0 Å². The van der Waals surface area contributed by atoms with Crippen molar-refractivity contribution in [2.45, 2.75) is 19.9 Å². The highest BCUT2D eigenvalue weighted by atomic mass is 16.2. The zero-order valence-electron chi connectivity index (χ0n) is 13.1. The van der Waals surface area contributed by atoms with Crippen LogP contribution < -0.4 is 10.6 Å². The van der Waals surface area contributed by atoms with E-state index in [4.69, 9.17) is 0 Å². The Morgan fingerprint density at radius 2 is 1.83 bits per heavy atom. The number of nitrogens with one attached hydrogen (secondary N) is 2. The number of nitrogens with zero attached hydrogens (tertiary/aromatic N) is 2. The fraction of sp³-hybridized carbons (Fsp3) is 0.222. The van der Waals surface area contributed by atoms with Gasteiger partial charge in [0.15, 0.2) is 0 Å². The van der Waals surface area contributed by atoms with E-state index in [1.54, 1.807) is 0 Å². The minimum atomic E-state index is -0.177. The molecular weight excluding hydrogens is 288 g/mol. The average Bonchev–Trinajstić information content (AvgIpc) is 2.88. The summed E-state index contributed by atoms with van der Waals surface area (Å²) < 4.78 is 2.19. The molecule has 1 aromatic heterocycles. The topological polar surface area (TPSA) is 59.0 Å². The zero-order chi connectivity index (χ0) is 16.1. The molecule has 5 heteroatoms. The number of fused-ring (bicyclic) bond motifs is 1. The van der Waals surface area contributed by atoms with E-state index in [9.17, 15) is 4.79 Å². The van der Waals surface area contributed by atoms with Gasteiger partial charge < -0.3 is 15.2 Å². The maximum absolute atomic E-state index is 11.8. The standard InChI is InChI=1S/C18H20N4O/c1-14-20-16-10-5-6-11-17(16)22(14)13-7-12-19-18(23)21-15-8-3-2-4-9-15/h2-6,8-11H,7,12-13H2,1H3,(H2,19,21,23). The maximum atomic E-state index is 11.8. The van der Waals surface area contributed by atoms with Crippen LogP contribution in [0, 0.1) is 6.92 Å². The SMILES string of the molecule is Cc1nc2ccccc2n1CCCNC(=O)Nc1ccccc1. The second kappa shape index (κ2) is 6.96. The molecule has 0 aliphatic heterocycles. The highest BCUT2D eigenvalue weighted by Gasteiger charge is 2.06. The predicted molar refractivity (Wildman–Crippen MR) is 92.6 cm³/mol. The highest BCUT2D eigenvalue weighted by Crippen LogP contribution is 2.15. The first-order chi connectivity index (χ1) is 11.2. The molecule has 0 aliphatic rings. The second-order valence-electron chi connectivity index (χ2n) is 5.40. The molecule has 3 aromatic rings. The fourth-order valence-electron chi connectivity index (χ4n) is 2.61. The van der Waals surface area contributed by atoms with Gasteiger partial charge in [-0.1, -0.05) is 30.3 Å². The van der Waals surface area contributed by atoms with E-state index in [1.165, 1.54) is 0 Å². The third-order valence-electron chi connectivity index (χ3n) is 3.72. The van der Waals surface area contributed by atoms with E-state index in [-0.39, 0.29) is 6.03 Å². The fourth-order valence-corrected chi connectivity index (χ4v) is 2.61. The Bertz CT molecular complexity index is 795. The average molecular weight is 308 g/mol. The van der Waals surface area contributed by atoms with Gasteiger partial charge in [0.25, 0.3) is 0 Å². The number of hydrogen-bond acceptors (Lipinski definition) is 2. The molecule has 23 heavy (non-hydrogen) atoms. The van der Waals surface area contributed by atoms with E-state index in [1.807, 2.05) is 55.5 Å². The van der Waals surface area contributed by atoms with Gasteiger partial charge in [-0.3, -0.25) is 0 Å². The van der Waals surface area contributed by atoms with Crippen molar-refractivity contribution in [3.05, 3.63) is 60.4 Å². The van der Waals surface area contributed by atoms with Crippen molar-refractivity contribution in [1.82, 2.24) is 14.9 Å². The molecule has 0 unspecified atom stereocenters. The van der Waals surface area contributed by atoms with E-state index in [0.717, 1.165) is 35.5 Å². The summed E-state index contributed by atoms with van der Waals surface area (Å²) in [5, 5.41) is 5.68. The Hall–Kier alpha value is -2.82. The molecule has 0 saturated carbocycles. The maximum Gasteiger partial charge on any atom is 0.319 e. The number of carbonyl (C=O) groups is 1. The molecule has 0 fully saturated rings. The number of anilines is 1. The van der Waals surface area contributed by atoms with Gasteiger partial charge in [-0.15, -0.1) is 0 Å². The van der Waals surface area contributed by atoms with E-state index in [2.05, 4.69) is 26.3 Å². The van der Waals surface area contributed by atoms with E-state index in [0.29, 0.717) is 6.54 Å². The van der Waals surface area contributed by atoms with Gasteiger partial charge in [-0.25, -0.2) is 9.78 Å². The Morgan fingerprint density at radius 3 is 2.65 bits per heavy atom. The molecule has 0 spiro atoms. The first-order valence-electron chi connectivity index (χ1n) is 7.76. The summed E-state index contributed by atoms with van der Waals surface area (Å²) in [6.45, 7) is 3.46.